The monoisotopic (exact) mass is 439 g/mol. The van der Waals surface area contributed by atoms with Gasteiger partial charge in [0, 0.05) is 23.5 Å². The third kappa shape index (κ3) is 3.44. The Morgan fingerprint density at radius 3 is 2.82 bits per heavy atom. The lowest BCUT2D eigenvalue weighted by Crippen LogP contribution is -2.28. The minimum atomic E-state index is -0.0982. The van der Waals surface area contributed by atoms with E-state index in [0.29, 0.717) is 12.0 Å². The van der Waals surface area contributed by atoms with Crippen LogP contribution in [0.1, 0.15) is 45.2 Å². The zero-order chi connectivity index (χ0) is 19.7. The molecule has 6 heteroatoms. The summed E-state index contributed by atoms with van der Waals surface area (Å²) < 4.78 is 8.39. The van der Waals surface area contributed by atoms with E-state index < -0.39 is 0 Å². The van der Waals surface area contributed by atoms with Crippen molar-refractivity contribution in [3.05, 3.63) is 81.1 Å². The first kappa shape index (κ1) is 18.7. The number of carbonyl (C=O) groups is 1. The standard InChI is InChI=1S/C22H22BrN3O2/c1-26-19(12-14-6-4-3-5-7-14)16(13-24-26)22(27)25-18-10-8-15-17(23)9-11-20(28-2)21(15)18/h3-7,9,11,13,18H,8,10,12H2,1-2H3,(H,25,27). The highest BCUT2D eigenvalue weighted by Gasteiger charge is 2.30. The molecule has 0 radical (unpaired) electrons. The van der Waals surface area contributed by atoms with Crippen molar-refractivity contribution in [3.63, 3.8) is 0 Å². The molecule has 3 aromatic rings. The number of rotatable bonds is 5. The van der Waals surface area contributed by atoms with E-state index in [2.05, 4.69) is 38.5 Å². The fourth-order valence-electron chi connectivity index (χ4n) is 3.90. The van der Waals surface area contributed by atoms with Gasteiger partial charge in [-0.1, -0.05) is 46.3 Å². The Labute approximate surface area is 172 Å². The van der Waals surface area contributed by atoms with E-state index in [1.165, 1.54) is 5.56 Å². The molecule has 0 bridgehead atoms. The quantitative estimate of drug-likeness (QED) is 0.647. The van der Waals surface area contributed by atoms with Crippen molar-refractivity contribution in [2.24, 2.45) is 7.05 Å². The van der Waals surface area contributed by atoms with Gasteiger partial charge in [0.15, 0.2) is 0 Å². The number of benzene rings is 2. The van der Waals surface area contributed by atoms with Crippen molar-refractivity contribution in [2.45, 2.75) is 25.3 Å². The molecule has 0 spiro atoms. The minimum Gasteiger partial charge on any atom is -0.496 e. The maximum Gasteiger partial charge on any atom is 0.255 e. The van der Waals surface area contributed by atoms with Crippen LogP contribution in [-0.4, -0.2) is 22.8 Å². The van der Waals surface area contributed by atoms with Gasteiger partial charge < -0.3 is 10.1 Å². The summed E-state index contributed by atoms with van der Waals surface area (Å²) in [6.45, 7) is 0. The molecule has 1 aliphatic rings. The fraction of sp³-hybridized carbons (Fsp3) is 0.273. The number of halogens is 1. The summed E-state index contributed by atoms with van der Waals surface area (Å²) in [7, 11) is 3.54. The summed E-state index contributed by atoms with van der Waals surface area (Å²) in [6.07, 6.45) is 4.08. The number of nitrogens with one attached hydrogen (secondary N) is 1. The van der Waals surface area contributed by atoms with E-state index in [0.717, 1.165) is 39.9 Å². The molecule has 1 aromatic heterocycles. The first-order valence-electron chi connectivity index (χ1n) is 9.29. The van der Waals surface area contributed by atoms with Crippen LogP contribution in [0.2, 0.25) is 0 Å². The molecule has 0 saturated heterocycles. The molecule has 5 nitrogen and oxygen atoms in total. The summed E-state index contributed by atoms with van der Waals surface area (Å²) >= 11 is 3.62. The molecule has 1 N–H and O–H groups in total. The van der Waals surface area contributed by atoms with Crippen LogP contribution in [0.15, 0.2) is 53.1 Å². The van der Waals surface area contributed by atoms with Crippen molar-refractivity contribution >= 4 is 21.8 Å². The third-order valence-corrected chi connectivity index (χ3v) is 6.08. The van der Waals surface area contributed by atoms with Crippen LogP contribution in [0, 0.1) is 0 Å². The van der Waals surface area contributed by atoms with Gasteiger partial charge in [0.1, 0.15) is 5.75 Å². The number of ether oxygens (including phenoxy) is 1. The first-order valence-corrected chi connectivity index (χ1v) is 10.1. The van der Waals surface area contributed by atoms with Crippen LogP contribution < -0.4 is 10.1 Å². The van der Waals surface area contributed by atoms with Gasteiger partial charge in [-0.05, 0) is 36.1 Å². The number of fused-ring (bicyclic) bond motifs is 1. The van der Waals surface area contributed by atoms with Gasteiger partial charge >= 0.3 is 0 Å². The van der Waals surface area contributed by atoms with Crippen LogP contribution >= 0.6 is 15.9 Å². The number of hydrogen-bond donors (Lipinski definition) is 1. The highest BCUT2D eigenvalue weighted by Crippen LogP contribution is 2.41. The molecule has 1 aliphatic carbocycles. The topological polar surface area (TPSA) is 56.1 Å². The van der Waals surface area contributed by atoms with E-state index in [1.807, 2.05) is 37.4 Å². The molecule has 2 aromatic carbocycles. The fourth-order valence-corrected chi connectivity index (χ4v) is 4.44. The van der Waals surface area contributed by atoms with Crippen molar-refractivity contribution in [2.75, 3.05) is 7.11 Å². The maximum absolute atomic E-state index is 13.1. The Morgan fingerprint density at radius 1 is 1.29 bits per heavy atom. The molecule has 1 atom stereocenters. The van der Waals surface area contributed by atoms with Gasteiger partial charge in [0.05, 0.1) is 30.6 Å². The SMILES string of the molecule is COc1ccc(Br)c2c1C(NC(=O)c1cnn(C)c1Cc1ccccc1)CC2. The van der Waals surface area contributed by atoms with Crippen LogP contribution in [0.4, 0.5) is 0 Å². The Balaban J connectivity index is 1.59. The van der Waals surface area contributed by atoms with Crippen molar-refractivity contribution in [3.8, 4) is 5.75 Å². The normalized spacial score (nSPS) is 15.3. The molecule has 0 aliphatic heterocycles. The molecule has 0 fully saturated rings. The summed E-state index contributed by atoms with van der Waals surface area (Å²) in [6, 6.07) is 14.0. The van der Waals surface area contributed by atoms with Crippen molar-refractivity contribution in [1.82, 2.24) is 15.1 Å². The lowest BCUT2D eigenvalue weighted by atomic mass is 10.0. The number of hydrogen-bond acceptors (Lipinski definition) is 3. The molecular weight excluding hydrogens is 418 g/mol. The lowest BCUT2D eigenvalue weighted by Gasteiger charge is -2.17. The molecule has 1 unspecified atom stereocenters. The van der Waals surface area contributed by atoms with Crippen molar-refractivity contribution in [1.29, 1.82) is 0 Å². The zero-order valence-corrected chi connectivity index (χ0v) is 17.5. The van der Waals surface area contributed by atoms with E-state index in [4.69, 9.17) is 4.74 Å². The lowest BCUT2D eigenvalue weighted by molar-refractivity contribution is 0.0935. The second kappa shape index (κ2) is 7.80. The third-order valence-electron chi connectivity index (χ3n) is 5.34. The Hall–Kier alpha value is -2.60. The van der Waals surface area contributed by atoms with Gasteiger partial charge in [0.25, 0.3) is 5.91 Å². The predicted molar refractivity (Wildman–Crippen MR) is 112 cm³/mol. The van der Waals surface area contributed by atoms with Crippen LogP contribution in [0.25, 0.3) is 0 Å². The number of aryl methyl sites for hydroxylation is 1. The molecule has 144 valence electrons. The number of amides is 1. The molecule has 0 saturated carbocycles. The van der Waals surface area contributed by atoms with E-state index in [9.17, 15) is 4.79 Å². The average Bonchev–Trinajstić information content (AvgIpc) is 3.28. The smallest absolute Gasteiger partial charge is 0.255 e. The number of aromatic nitrogens is 2. The van der Waals surface area contributed by atoms with Gasteiger partial charge in [0.2, 0.25) is 0 Å². The minimum absolute atomic E-state index is 0.0697. The van der Waals surface area contributed by atoms with Crippen LogP contribution in [0.5, 0.6) is 5.75 Å². The number of methoxy groups -OCH3 is 1. The average molecular weight is 440 g/mol. The highest BCUT2D eigenvalue weighted by atomic mass is 79.9. The summed E-state index contributed by atoms with van der Waals surface area (Å²) in [4.78, 5) is 13.1. The maximum atomic E-state index is 13.1. The largest absolute Gasteiger partial charge is 0.496 e. The molecule has 28 heavy (non-hydrogen) atoms. The summed E-state index contributed by atoms with van der Waals surface area (Å²) in [5.41, 5.74) is 4.95. The van der Waals surface area contributed by atoms with Gasteiger partial charge in [-0.3, -0.25) is 9.48 Å². The Kier molecular flexibility index (Phi) is 5.22. The van der Waals surface area contributed by atoms with E-state index >= 15 is 0 Å². The molecule has 4 rings (SSSR count). The summed E-state index contributed by atoms with van der Waals surface area (Å²) in [5.74, 6) is 0.718. The zero-order valence-electron chi connectivity index (χ0n) is 15.9. The first-order chi connectivity index (χ1) is 13.6. The number of nitrogens with zero attached hydrogens (tertiary/aromatic N) is 2. The second-order valence-corrected chi connectivity index (χ2v) is 7.85. The molecule has 1 heterocycles. The number of carbonyl (C=O) groups excluding carboxylic acids is 1. The Bertz CT molecular complexity index is 1010. The van der Waals surface area contributed by atoms with Crippen molar-refractivity contribution < 1.29 is 9.53 Å². The second-order valence-electron chi connectivity index (χ2n) is 7.00. The van der Waals surface area contributed by atoms with Crippen LogP contribution in [0.3, 0.4) is 0 Å². The molecular formula is C22H22BrN3O2. The summed E-state index contributed by atoms with van der Waals surface area (Å²) in [5, 5.41) is 7.52. The Morgan fingerprint density at radius 2 is 2.07 bits per heavy atom. The van der Waals surface area contributed by atoms with E-state index in [1.54, 1.807) is 18.0 Å². The van der Waals surface area contributed by atoms with Gasteiger partial charge in [-0.15, -0.1) is 0 Å². The van der Waals surface area contributed by atoms with Gasteiger partial charge in [-0.2, -0.15) is 5.10 Å². The predicted octanol–water partition coefficient (Wildman–Crippen LogP) is 4.20. The van der Waals surface area contributed by atoms with Gasteiger partial charge in [-0.25, -0.2) is 0 Å². The van der Waals surface area contributed by atoms with Crippen LogP contribution in [-0.2, 0) is 19.9 Å². The highest BCUT2D eigenvalue weighted by molar-refractivity contribution is 9.10. The molecule has 1 amide bonds. The van der Waals surface area contributed by atoms with E-state index in [-0.39, 0.29) is 11.9 Å².